The van der Waals surface area contributed by atoms with E-state index in [1.165, 1.54) is 10.4 Å². The maximum atomic E-state index is 11.8. The lowest BCUT2D eigenvalue weighted by Crippen LogP contribution is -2.34. The van der Waals surface area contributed by atoms with Gasteiger partial charge in [-0.05, 0) is 69.6 Å². The van der Waals surface area contributed by atoms with Crippen LogP contribution in [-0.2, 0) is 10.0 Å². The van der Waals surface area contributed by atoms with Crippen molar-refractivity contribution < 1.29 is 8.42 Å². The Morgan fingerprint density at radius 3 is 2.64 bits per heavy atom. The monoisotopic (exact) mass is 422 g/mol. The molecule has 1 aliphatic carbocycles. The van der Waals surface area contributed by atoms with Crippen molar-refractivity contribution in [2.24, 2.45) is 5.92 Å². The first-order valence-corrected chi connectivity index (χ1v) is 12.5. The maximum absolute atomic E-state index is 11.8. The summed E-state index contributed by atoms with van der Waals surface area (Å²) in [5.41, 5.74) is 3.06. The molecule has 3 rings (SSSR count). The van der Waals surface area contributed by atoms with Gasteiger partial charge in [-0.25, -0.2) is 18.1 Å². The van der Waals surface area contributed by atoms with E-state index in [0.29, 0.717) is 24.9 Å². The van der Waals surface area contributed by atoms with E-state index in [9.17, 15) is 8.42 Å². The van der Waals surface area contributed by atoms with E-state index in [1.807, 2.05) is 19.2 Å². The number of hydrogen-bond acceptors (Lipinski definition) is 6. The highest BCUT2D eigenvalue weighted by molar-refractivity contribution is 7.89. The fourth-order valence-corrected chi connectivity index (χ4v) is 5.70. The summed E-state index contributed by atoms with van der Waals surface area (Å²) in [4.78, 5) is 10.4. The molecule has 2 N–H and O–H groups in total. The average molecular weight is 423 g/mol. The lowest BCUT2D eigenvalue weighted by Gasteiger charge is -2.29. The molecule has 0 aliphatic heterocycles. The fraction of sp³-hybridized carbons (Fsp3) is 0.600. The molecule has 1 fully saturated rings. The lowest BCUT2D eigenvalue weighted by molar-refractivity contribution is 0.337. The summed E-state index contributed by atoms with van der Waals surface area (Å²) in [6.45, 7) is 6.60. The van der Waals surface area contributed by atoms with Crippen LogP contribution in [0.3, 0.4) is 0 Å². The number of aryl methyl sites for hydroxylation is 2. The minimum absolute atomic E-state index is 0.214. The van der Waals surface area contributed by atoms with Gasteiger partial charge >= 0.3 is 0 Å². The van der Waals surface area contributed by atoms with Crippen molar-refractivity contribution in [2.75, 3.05) is 17.6 Å². The van der Waals surface area contributed by atoms with Crippen LogP contribution in [0.25, 0.3) is 11.4 Å². The molecule has 0 amide bonds. The standard InChI is InChI=1S/C20H30N4O2S2/c1-4-11-28(25,26)22-13-16-5-7-17(8-6-16)23-20-24-19(15(3)27-20)18-12-14(2)9-10-21-18/h9-10,12,16-17,22H,4-8,11,13H2,1-3H3,(H,23,24). The zero-order valence-electron chi connectivity index (χ0n) is 16.9. The summed E-state index contributed by atoms with van der Waals surface area (Å²) in [6.07, 6.45) is 6.62. The second kappa shape index (κ2) is 9.33. The Kier molecular flexibility index (Phi) is 7.06. The zero-order valence-corrected chi connectivity index (χ0v) is 18.5. The highest BCUT2D eigenvalue weighted by Gasteiger charge is 2.23. The van der Waals surface area contributed by atoms with Gasteiger partial charge in [-0.2, -0.15) is 0 Å². The van der Waals surface area contributed by atoms with Crippen molar-refractivity contribution in [3.63, 3.8) is 0 Å². The molecule has 28 heavy (non-hydrogen) atoms. The second-order valence-corrected chi connectivity index (χ2v) is 10.8. The van der Waals surface area contributed by atoms with Crippen molar-refractivity contribution in [3.05, 3.63) is 28.8 Å². The maximum Gasteiger partial charge on any atom is 0.211 e. The number of anilines is 1. The molecule has 2 aromatic heterocycles. The summed E-state index contributed by atoms with van der Waals surface area (Å²) >= 11 is 1.67. The van der Waals surface area contributed by atoms with Gasteiger partial charge in [0.15, 0.2) is 5.13 Å². The van der Waals surface area contributed by atoms with Gasteiger partial charge in [-0.3, -0.25) is 4.98 Å². The Hall–Kier alpha value is -1.51. The Morgan fingerprint density at radius 2 is 1.96 bits per heavy atom. The molecule has 0 aromatic carbocycles. The number of nitrogens with one attached hydrogen (secondary N) is 2. The van der Waals surface area contributed by atoms with E-state index in [1.54, 1.807) is 11.3 Å². The molecule has 0 bridgehead atoms. The van der Waals surface area contributed by atoms with Crippen LogP contribution in [0.4, 0.5) is 5.13 Å². The Labute approximate surface area is 172 Å². The van der Waals surface area contributed by atoms with Crippen LogP contribution in [0.2, 0.25) is 0 Å². The van der Waals surface area contributed by atoms with Gasteiger partial charge in [0.25, 0.3) is 0 Å². The third kappa shape index (κ3) is 5.75. The topological polar surface area (TPSA) is 84.0 Å². The molecular formula is C20H30N4O2S2. The third-order valence-electron chi connectivity index (χ3n) is 5.19. The Morgan fingerprint density at radius 1 is 1.21 bits per heavy atom. The molecule has 0 spiro atoms. The van der Waals surface area contributed by atoms with Crippen LogP contribution < -0.4 is 10.0 Å². The quantitative estimate of drug-likeness (QED) is 0.668. The van der Waals surface area contributed by atoms with Gasteiger partial charge < -0.3 is 5.32 Å². The summed E-state index contributed by atoms with van der Waals surface area (Å²) < 4.78 is 26.4. The molecule has 154 valence electrons. The molecule has 1 saturated carbocycles. The van der Waals surface area contributed by atoms with E-state index >= 15 is 0 Å². The van der Waals surface area contributed by atoms with Crippen LogP contribution in [0.15, 0.2) is 18.3 Å². The smallest absolute Gasteiger partial charge is 0.211 e. The number of pyridine rings is 1. The minimum Gasteiger partial charge on any atom is -0.359 e. The average Bonchev–Trinajstić information content (AvgIpc) is 3.01. The fourth-order valence-electron chi connectivity index (χ4n) is 3.63. The molecule has 0 radical (unpaired) electrons. The number of rotatable bonds is 8. The SMILES string of the molecule is CCCS(=O)(=O)NCC1CCC(Nc2nc(-c3cc(C)ccn3)c(C)s2)CC1. The van der Waals surface area contributed by atoms with Crippen LogP contribution in [0.1, 0.15) is 49.5 Å². The Balaban J connectivity index is 1.52. The van der Waals surface area contributed by atoms with Crippen LogP contribution in [0.5, 0.6) is 0 Å². The lowest BCUT2D eigenvalue weighted by atomic mass is 9.86. The summed E-state index contributed by atoms with van der Waals surface area (Å²) in [7, 11) is -3.10. The first-order chi connectivity index (χ1) is 13.4. The van der Waals surface area contributed by atoms with Gasteiger partial charge in [0.1, 0.15) is 5.69 Å². The summed E-state index contributed by atoms with van der Waals surface area (Å²) in [5.74, 6) is 0.639. The second-order valence-electron chi connectivity index (χ2n) is 7.67. The number of thiazole rings is 1. The Bertz CT molecular complexity index is 887. The van der Waals surface area contributed by atoms with Crippen molar-refractivity contribution in [3.8, 4) is 11.4 Å². The number of aromatic nitrogens is 2. The minimum atomic E-state index is -3.10. The molecule has 0 atom stereocenters. The van der Waals surface area contributed by atoms with E-state index in [2.05, 4.69) is 34.9 Å². The molecule has 8 heteroatoms. The zero-order chi connectivity index (χ0) is 20.1. The predicted octanol–water partition coefficient (Wildman–Crippen LogP) is 4.12. The van der Waals surface area contributed by atoms with E-state index in [-0.39, 0.29) is 5.75 Å². The first-order valence-electron chi connectivity index (χ1n) is 10.0. The van der Waals surface area contributed by atoms with E-state index < -0.39 is 10.0 Å². The first kappa shape index (κ1) is 21.2. The van der Waals surface area contributed by atoms with Crippen LogP contribution in [-0.4, -0.2) is 36.7 Å². The van der Waals surface area contributed by atoms with E-state index in [0.717, 1.165) is 42.2 Å². The van der Waals surface area contributed by atoms with Crippen molar-refractivity contribution >= 4 is 26.5 Å². The molecule has 2 aromatic rings. The highest BCUT2D eigenvalue weighted by atomic mass is 32.2. The largest absolute Gasteiger partial charge is 0.359 e. The predicted molar refractivity (Wildman–Crippen MR) is 116 cm³/mol. The highest BCUT2D eigenvalue weighted by Crippen LogP contribution is 2.32. The van der Waals surface area contributed by atoms with Gasteiger partial charge in [-0.1, -0.05) is 6.92 Å². The number of hydrogen-bond donors (Lipinski definition) is 2. The van der Waals surface area contributed by atoms with Crippen molar-refractivity contribution in [1.82, 2.24) is 14.7 Å². The molecule has 2 heterocycles. The van der Waals surface area contributed by atoms with Gasteiger partial charge in [0.2, 0.25) is 10.0 Å². The van der Waals surface area contributed by atoms with Crippen molar-refractivity contribution in [1.29, 1.82) is 0 Å². The normalized spacial score (nSPS) is 20.2. The summed E-state index contributed by atoms with van der Waals surface area (Å²) in [6, 6.07) is 4.45. The van der Waals surface area contributed by atoms with Crippen molar-refractivity contribution in [2.45, 2.75) is 58.9 Å². The van der Waals surface area contributed by atoms with Crippen LogP contribution in [0, 0.1) is 19.8 Å². The van der Waals surface area contributed by atoms with Gasteiger partial charge in [0.05, 0.1) is 11.4 Å². The summed E-state index contributed by atoms with van der Waals surface area (Å²) in [5, 5.41) is 4.53. The number of sulfonamides is 1. The number of nitrogens with zero attached hydrogens (tertiary/aromatic N) is 2. The molecular weight excluding hydrogens is 392 g/mol. The molecule has 1 aliphatic rings. The van der Waals surface area contributed by atoms with E-state index in [4.69, 9.17) is 4.98 Å². The molecule has 6 nitrogen and oxygen atoms in total. The van der Waals surface area contributed by atoms with Gasteiger partial charge in [-0.15, -0.1) is 11.3 Å². The molecule has 0 unspecified atom stereocenters. The third-order valence-corrected chi connectivity index (χ3v) is 7.65. The van der Waals surface area contributed by atoms with Gasteiger partial charge in [0, 0.05) is 23.7 Å². The van der Waals surface area contributed by atoms with Crippen LogP contribution >= 0.6 is 11.3 Å². The molecule has 0 saturated heterocycles.